The van der Waals surface area contributed by atoms with Gasteiger partial charge in [0.1, 0.15) is 48.3 Å². The number of aliphatic carboxylic acids is 2. The summed E-state index contributed by atoms with van der Waals surface area (Å²) >= 11 is 0. The van der Waals surface area contributed by atoms with E-state index in [4.69, 9.17) is 28.7 Å². The fraction of sp³-hybridized carbons (Fsp3) is 0.690. The highest BCUT2D eigenvalue weighted by Gasteiger charge is 2.37. The number of aliphatic imine (C=N–C) groups is 2. The highest BCUT2D eigenvalue weighted by molar-refractivity contribution is 5.99. The monoisotopic (exact) mass is 1030 g/mol. The largest absolute Gasteiger partial charge is 0.481 e. The first kappa shape index (κ1) is 64.6. The summed E-state index contributed by atoms with van der Waals surface area (Å²) in [6.45, 7) is 8.09. The molecular weight excluding hydrogens is 955 g/mol. The van der Waals surface area contributed by atoms with Crippen LogP contribution < -0.4 is 71.2 Å². The SMILES string of the molecule is CC(=O)N[C@@H](CCCN=C(N)N)C(=O)N[C@H](C(=O)N[C@@H](CC(=O)O)C(=O)N[C@@H](CC(C)C)C(=O)N[C@@H](CC(=O)O)C(=O)N[C@@H](CO)C(=O)N[C@@H](CC(C)C)C(=O)N[C@@H](CCCCN=C(N)N)C(N)=O)[C@@H](C)O. The number of hydrogen-bond acceptors (Lipinski definition) is 15. The summed E-state index contributed by atoms with van der Waals surface area (Å²) < 4.78 is 0. The number of aliphatic hydroxyl groups excluding tert-OH is 2. The molecule has 9 amide bonds. The second kappa shape index (κ2) is 33.3. The van der Waals surface area contributed by atoms with Gasteiger partial charge in [-0.3, -0.25) is 62.7 Å². The Hall–Kier alpha value is -7.37. The van der Waals surface area contributed by atoms with Crippen molar-refractivity contribution >= 4 is 77.0 Å². The van der Waals surface area contributed by atoms with Crippen LogP contribution in [-0.4, -0.2) is 172 Å². The van der Waals surface area contributed by atoms with Gasteiger partial charge in [-0.1, -0.05) is 27.7 Å². The third kappa shape index (κ3) is 27.1. The molecule has 0 heterocycles. The van der Waals surface area contributed by atoms with Crippen LogP contribution in [0, 0.1) is 11.8 Å². The molecule has 0 unspecified atom stereocenters. The molecule has 30 heteroatoms. The average Bonchev–Trinajstić information content (AvgIpc) is 3.25. The van der Waals surface area contributed by atoms with E-state index in [0.717, 1.165) is 13.8 Å². The molecule has 0 aromatic heterocycles. The normalized spacial score (nSPS) is 14.7. The molecule has 0 aliphatic heterocycles. The zero-order chi connectivity index (χ0) is 55.4. The summed E-state index contributed by atoms with van der Waals surface area (Å²) in [5.74, 6) is -13.7. The van der Waals surface area contributed by atoms with E-state index in [1.54, 1.807) is 27.7 Å². The Balaban J connectivity index is 6.38. The first-order chi connectivity index (χ1) is 33.5. The lowest BCUT2D eigenvalue weighted by Gasteiger charge is -2.28. The molecule has 0 rings (SSSR count). The number of carboxylic acid groups (broad SMARTS) is 2. The molecule has 22 N–H and O–H groups in total. The second-order valence-electron chi connectivity index (χ2n) is 17.6. The summed E-state index contributed by atoms with van der Waals surface area (Å²) in [6.07, 6.45) is -3.03. The van der Waals surface area contributed by atoms with E-state index in [2.05, 4.69) is 52.5 Å². The van der Waals surface area contributed by atoms with Crippen molar-refractivity contribution < 1.29 is 73.2 Å². The Morgan fingerprint density at radius 1 is 0.458 bits per heavy atom. The van der Waals surface area contributed by atoms with E-state index in [1.165, 1.54) is 0 Å². The number of amides is 9. The zero-order valence-electron chi connectivity index (χ0n) is 41.4. The van der Waals surface area contributed by atoms with E-state index in [9.17, 15) is 73.2 Å². The summed E-state index contributed by atoms with van der Waals surface area (Å²) in [6, 6.07) is -13.0. The van der Waals surface area contributed by atoms with E-state index >= 15 is 0 Å². The van der Waals surface area contributed by atoms with Crippen LogP contribution in [0.4, 0.5) is 0 Å². The Bertz CT molecular complexity index is 1940. The van der Waals surface area contributed by atoms with Gasteiger partial charge in [-0.05, 0) is 63.7 Å². The van der Waals surface area contributed by atoms with Gasteiger partial charge in [-0.2, -0.15) is 0 Å². The second-order valence-corrected chi connectivity index (χ2v) is 17.6. The Kier molecular flexibility index (Phi) is 29.9. The van der Waals surface area contributed by atoms with Crippen LogP contribution in [-0.2, 0) is 52.7 Å². The number of rotatable bonds is 35. The van der Waals surface area contributed by atoms with Gasteiger partial charge in [0.25, 0.3) is 0 Å². The van der Waals surface area contributed by atoms with E-state index in [-0.39, 0.29) is 63.0 Å². The van der Waals surface area contributed by atoms with Gasteiger partial charge in [-0.15, -0.1) is 0 Å². The minimum atomic E-state index is -1.99. The predicted octanol–water partition coefficient (Wildman–Crippen LogP) is -6.72. The molecule has 0 aliphatic rings. The lowest BCUT2D eigenvalue weighted by Crippen LogP contribution is -2.62. The number of nitrogens with one attached hydrogen (secondary N) is 8. The van der Waals surface area contributed by atoms with Gasteiger partial charge in [-0.25, -0.2) is 0 Å². The minimum absolute atomic E-state index is 0.000985. The van der Waals surface area contributed by atoms with Crippen molar-refractivity contribution in [3.63, 3.8) is 0 Å². The molecule has 0 saturated carbocycles. The van der Waals surface area contributed by atoms with E-state index in [1.807, 2.05) is 0 Å². The number of aliphatic hydroxyl groups is 2. The molecule has 0 aromatic carbocycles. The first-order valence-corrected chi connectivity index (χ1v) is 23.0. The number of carbonyl (C=O) groups excluding carboxylic acids is 9. The number of carbonyl (C=O) groups is 11. The maximum atomic E-state index is 13.8. The lowest BCUT2D eigenvalue weighted by atomic mass is 10.0. The number of unbranched alkanes of at least 4 members (excludes halogenated alkanes) is 1. The number of hydrogen-bond donors (Lipinski definition) is 17. The van der Waals surface area contributed by atoms with Crippen LogP contribution in [0.25, 0.3) is 0 Å². The number of primary amides is 1. The fourth-order valence-electron chi connectivity index (χ4n) is 6.62. The molecule has 0 saturated heterocycles. The standard InChI is InChI=1S/C42H75N15O15/c1-19(2)14-25(35(67)51-23(33(43)65)10-7-8-12-48-41(44)45)53-39(71)29(18-58)56-38(70)27(16-30(61)62)54-36(68)26(15-20(3)4)52-37(69)28(17-31(63)64)55-40(72)32(21(5)59)57-34(66)24(50-22(6)60)11-9-13-49-42(46)47/h19-21,23-29,32,58-59H,7-18H2,1-6H3,(H2,43,65)(H,50,60)(H,51,67)(H,52,69)(H,53,71)(H,54,68)(H,55,72)(H,56,70)(H,57,66)(H,61,62)(H,63,64)(H4,44,45,48)(H4,46,47,49)/t21-,23+,24+,25+,26+,27+,28+,29+,32+/m1/s1. The van der Waals surface area contributed by atoms with Gasteiger partial charge in [0, 0.05) is 20.0 Å². The topological polar surface area (TPSA) is 520 Å². The van der Waals surface area contributed by atoms with Crippen molar-refractivity contribution in [1.82, 2.24) is 42.5 Å². The van der Waals surface area contributed by atoms with Gasteiger partial charge in [0.15, 0.2) is 11.9 Å². The van der Waals surface area contributed by atoms with Gasteiger partial charge in [0.05, 0.1) is 25.6 Å². The minimum Gasteiger partial charge on any atom is -0.481 e. The maximum Gasteiger partial charge on any atom is 0.305 e. The van der Waals surface area contributed by atoms with E-state index < -0.39 is 145 Å². The van der Waals surface area contributed by atoms with Crippen molar-refractivity contribution in [3.05, 3.63) is 0 Å². The van der Waals surface area contributed by atoms with Gasteiger partial charge in [0.2, 0.25) is 53.2 Å². The number of nitrogens with two attached hydrogens (primary N) is 5. The lowest BCUT2D eigenvalue weighted by molar-refractivity contribution is -0.142. The molecule has 0 aromatic rings. The van der Waals surface area contributed by atoms with Crippen LogP contribution in [0.5, 0.6) is 0 Å². The summed E-state index contributed by atoms with van der Waals surface area (Å²) in [4.78, 5) is 150. The van der Waals surface area contributed by atoms with Crippen LogP contribution in [0.1, 0.15) is 99.3 Å². The number of guanidine groups is 2. The molecule has 0 spiro atoms. The van der Waals surface area contributed by atoms with Crippen molar-refractivity contribution in [2.45, 2.75) is 154 Å². The van der Waals surface area contributed by atoms with Crippen LogP contribution in [0.3, 0.4) is 0 Å². The third-order valence-corrected chi connectivity index (χ3v) is 10.1. The van der Waals surface area contributed by atoms with Crippen molar-refractivity contribution in [2.24, 2.45) is 50.5 Å². The van der Waals surface area contributed by atoms with E-state index in [0.29, 0.717) is 12.8 Å². The molecule has 9 atom stereocenters. The quantitative estimate of drug-likeness (QED) is 0.0159. The molecular formula is C42H75N15O15. The third-order valence-electron chi connectivity index (χ3n) is 10.1. The molecule has 72 heavy (non-hydrogen) atoms. The zero-order valence-corrected chi connectivity index (χ0v) is 41.4. The molecule has 0 fully saturated rings. The maximum absolute atomic E-state index is 13.8. The van der Waals surface area contributed by atoms with Crippen molar-refractivity contribution in [1.29, 1.82) is 0 Å². The van der Waals surface area contributed by atoms with Crippen LogP contribution in [0.15, 0.2) is 9.98 Å². The molecule has 0 radical (unpaired) electrons. The van der Waals surface area contributed by atoms with Crippen LogP contribution in [0.2, 0.25) is 0 Å². The number of carboxylic acids is 2. The molecule has 30 nitrogen and oxygen atoms in total. The van der Waals surface area contributed by atoms with Crippen molar-refractivity contribution in [3.8, 4) is 0 Å². The average molecular weight is 1030 g/mol. The summed E-state index contributed by atoms with van der Waals surface area (Å²) in [5.41, 5.74) is 26.8. The fourth-order valence-corrected chi connectivity index (χ4v) is 6.62. The van der Waals surface area contributed by atoms with Gasteiger partial charge >= 0.3 is 11.9 Å². The number of nitrogens with zero attached hydrogens (tertiary/aromatic N) is 2. The van der Waals surface area contributed by atoms with Crippen molar-refractivity contribution in [2.75, 3.05) is 19.7 Å². The molecule has 408 valence electrons. The summed E-state index contributed by atoms with van der Waals surface area (Å²) in [7, 11) is 0. The molecule has 0 aliphatic carbocycles. The highest BCUT2D eigenvalue weighted by Crippen LogP contribution is 2.11. The van der Waals surface area contributed by atoms with Gasteiger partial charge < -0.3 is 91.6 Å². The Morgan fingerprint density at radius 2 is 0.819 bits per heavy atom. The Morgan fingerprint density at radius 3 is 1.21 bits per heavy atom. The predicted molar refractivity (Wildman–Crippen MR) is 257 cm³/mol. The Labute approximate surface area is 416 Å². The summed E-state index contributed by atoms with van der Waals surface area (Å²) in [5, 5.41) is 58.2. The smallest absolute Gasteiger partial charge is 0.305 e. The molecule has 0 bridgehead atoms. The first-order valence-electron chi connectivity index (χ1n) is 23.0. The van der Waals surface area contributed by atoms with Crippen LogP contribution >= 0.6 is 0 Å². The highest BCUT2D eigenvalue weighted by atomic mass is 16.4.